The lowest BCUT2D eigenvalue weighted by Crippen LogP contribution is -2.49. The molecule has 2 N–H and O–H groups in total. The predicted octanol–water partition coefficient (Wildman–Crippen LogP) is 3.59. The number of pyridine rings is 1. The van der Waals surface area contributed by atoms with Gasteiger partial charge in [0.15, 0.2) is 5.96 Å². The van der Waals surface area contributed by atoms with Crippen molar-refractivity contribution < 1.29 is 4.74 Å². The molecule has 0 spiro atoms. The Morgan fingerprint density at radius 2 is 1.93 bits per heavy atom. The number of benzene rings is 1. The summed E-state index contributed by atoms with van der Waals surface area (Å²) in [6.45, 7) is 10.9. The third-order valence-electron chi connectivity index (χ3n) is 5.39. The van der Waals surface area contributed by atoms with Gasteiger partial charge < -0.3 is 20.3 Å². The summed E-state index contributed by atoms with van der Waals surface area (Å²) in [4.78, 5) is 11.7. The molecule has 0 unspecified atom stereocenters. The van der Waals surface area contributed by atoms with E-state index in [-0.39, 0.29) is 0 Å². The molecule has 2 aromatic rings. The molecule has 1 saturated heterocycles. The number of ether oxygens (including phenoxy) is 1. The van der Waals surface area contributed by atoms with Gasteiger partial charge >= 0.3 is 0 Å². The maximum atomic E-state index is 5.84. The minimum Gasteiger partial charge on any atom is -0.473 e. The molecule has 0 aliphatic carbocycles. The summed E-state index contributed by atoms with van der Waals surface area (Å²) in [5.74, 6) is 1.51. The van der Waals surface area contributed by atoms with Crippen LogP contribution in [0.3, 0.4) is 0 Å². The molecule has 6 nitrogen and oxygen atoms in total. The van der Waals surface area contributed by atoms with Crippen LogP contribution in [0, 0.1) is 0 Å². The zero-order chi connectivity index (χ0) is 21.2. The van der Waals surface area contributed by atoms with Crippen LogP contribution >= 0.6 is 0 Å². The molecule has 0 bridgehead atoms. The average molecular weight is 410 g/mol. The normalized spacial score (nSPS) is 15.9. The van der Waals surface area contributed by atoms with Gasteiger partial charge in [-0.25, -0.2) is 9.98 Å². The molecule has 0 saturated carbocycles. The lowest BCUT2D eigenvalue weighted by atomic mass is 10.0. The molecule has 1 aliphatic rings. The fourth-order valence-electron chi connectivity index (χ4n) is 3.60. The van der Waals surface area contributed by atoms with Crippen molar-refractivity contribution in [3.8, 4) is 5.88 Å². The van der Waals surface area contributed by atoms with Gasteiger partial charge in [0.25, 0.3) is 0 Å². The Morgan fingerprint density at radius 1 is 1.17 bits per heavy atom. The predicted molar refractivity (Wildman–Crippen MR) is 123 cm³/mol. The van der Waals surface area contributed by atoms with Gasteiger partial charge in [-0.1, -0.05) is 30.3 Å². The van der Waals surface area contributed by atoms with Crippen molar-refractivity contribution >= 4 is 5.96 Å². The molecule has 2 heterocycles. The Hall–Kier alpha value is -2.60. The molecule has 30 heavy (non-hydrogen) atoms. The van der Waals surface area contributed by atoms with Crippen LogP contribution < -0.4 is 15.4 Å². The van der Waals surface area contributed by atoms with Gasteiger partial charge in [0.05, 0.1) is 6.54 Å². The highest BCUT2D eigenvalue weighted by Crippen LogP contribution is 2.14. The van der Waals surface area contributed by atoms with E-state index in [1.807, 2.05) is 42.5 Å². The van der Waals surface area contributed by atoms with Crippen LogP contribution in [0.25, 0.3) is 0 Å². The van der Waals surface area contributed by atoms with E-state index in [1.165, 1.54) is 0 Å². The molecular formula is C24H35N5O. The molecule has 0 atom stereocenters. The van der Waals surface area contributed by atoms with E-state index in [4.69, 9.17) is 9.73 Å². The first kappa shape index (κ1) is 22.1. The Morgan fingerprint density at radius 3 is 2.63 bits per heavy atom. The summed E-state index contributed by atoms with van der Waals surface area (Å²) in [7, 11) is 0. The van der Waals surface area contributed by atoms with E-state index in [2.05, 4.69) is 41.3 Å². The molecule has 162 valence electrons. The van der Waals surface area contributed by atoms with E-state index in [0.29, 0.717) is 31.1 Å². The summed E-state index contributed by atoms with van der Waals surface area (Å²) in [6.07, 6.45) is 4.08. The first-order chi connectivity index (χ1) is 14.6. The zero-order valence-electron chi connectivity index (χ0n) is 18.5. The van der Waals surface area contributed by atoms with Crippen molar-refractivity contribution in [3.63, 3.8) is 0 Å². The third kappa shape index (κ3) is 7.02. The van der Waals surface area contributed by atoms with Crippen LogP contribution in [-0.2, 0) is 13.2 Å². The number of hydrogen-bond donors (Lipinski definition) is 2. The third-order valence-corrected chi connectivity index (χ3v) is 5.39. The quantitative estimate of drug-likeness (QED) is 0.515. The number of hydrogen-bond acceptors (Lipinski definition) is 4. The number of likely N-dealkylation sites (tertiary alicyclic amines) is 1. The van der Waals surface area contributed by atoms with Crippen molar-refractivity contribution in [2.45, 2.75) is 58.8 Å². The maximum Gasteiger partial charge on any atom is 0.213 e. The van der Waals surface area contributed by atoms with E-state index in [9.17, 15) is 0 Å². The Kier molecular flexibility index (Phi) is 8.51. The average Bonchev–Trinajstić information content (AvgIpc) is 2.77. The second-order valence-electron chi connectivity index (χ2n) is 8.02. The van der Waals surface area contributed by atoms with Crippen LogP contribution in [0.15, 0.2) is 53.7 Å². The summed E-state index contributed by atoms with van der Waals surface area (Å²) in [6, 6.07) is 15.2. The number of nitrogens with one attached hydrogen (secondary N) is 2. The zero-order valence-corrected chi connectivity index (χ0v) is 18.5. The van der Waals surface area contributed by atoms with E-state index >= 15 is 0 Å². The van der Waals surface area contributed by atoms with Gasteiger partial charge in [-0.15, -0.1) is 0 Å². The van der Waals surface area contributed by atoms with Crippen molar-refractivity contribution in [3.05, 3.63) is 59.8 Å². The largest absolute Gasteiger partial charge is 0.473 e. The highest BCUT2D eigenvalue weighted by atomic mass is 16.5. The summed E-state index contributed by atoms with van der Waals surface area (Å²) in [5, 5.41) is 6.99. The van der Waals surface area contributed by atoms with Crippen molar-refractivity contribution in [1.82, 2.24) is 20.5 Å². The second kappa shape index (κ2) is 11.6. The monoisotopic (exact) mass is 409 g/mol. The Balaban J connectivity index is 1.54. The maximum absolute atomic E-state index is 5.84. The SMILES string of the molecule is CCNC(=NCc1ccnc(OCc2ccccc2)c1)NC1CCN(C(C)C)CC1. The molecule has 1 aliphatic heterocycles. The van der Waals surface area contributed by atoms with Crippen LogP contribution in [0.4, 0.5) is 0 Å². The minimum absolute atomic E-state index is 0.472. The summed E-state index contributed by atoms with van der Waals surface area (Å²) >= 11 is 0. The van der Waals surface area contributed by atoms with Crippen molar-refractivity contribution in [1.29, 1.82) is 0 Å². The van der Waals surface area contributed by atoms with E-state index in [1.54, 1.807) is 6.20 Å². The summed E-state index contributed by atoms with van der Waals surface area (Å²) < 4.78 is 5.84. The molecule has 6 heteroatoms. The van der Waals surface area contributed by atoms with Gasteiger partial charge in [-0.2, -0.15) is 0 Å². The van der Waals surface area contributed by atoms with Gasteiger partial charge in [-0.05, 0) is 50.8 Å². The summed E-state index contributed by atoms with van der Waals surface area (Å²) in [5.41, 5.74) is 2.21. The van der Waals surface area contributed by atoms with Crippen molar-refractivity contribution in [2.24, 2.45) is 4.99 Å². The lowest BCUT2D eigenvalue weighted by molar-refractivity contribution is 0.167. The molecule has 0 radical (unpaired) electrons. The standard InChI is InChI=1S/C24H35N5O/c1-4-25-24(28-22-11-14-29(15-12-22)19(2)3)27-17-21-10-13-26-23(16-21)30-18-20-8-6-5-7-9-20/h5-10,13,16,19,22H,4,11-12,14-15,17-18H2,1-3H3,(H2,25,27,28). The first-order valence-corrected chi connectivity index (χ1v) is 11.0. The lowest BCUT2D eigenvalue weighted by Gasteiger charge is -2.35. The van der Waals surface area contributed by atoms with Gasteiger partial charge in [0.2, 0.25) is 5.88 Å². The van der Waals surface area contributed by atoms with E-state index in [0.717, 1.165) is 49.6 Å². The molecular weight excluding hydrogens is 374 g/mol. The topological polar surface area (TPSA) is 61.8 Å². The Bertz CT molecular complexity index is 785. The molecule has 1 fully saturated rings. The van der Waals surface area contributed by atoms with Crippen LogP contribution in [-0.4, -0.2) is 47.6 Å². The molecule has 1 aromatic carbocycles. The highest BCUT2D eigenvalue weighted by Gasteiger charge is 2.21. The molecule has 0 amide bonds. The Labute approximate surface area is 180 Å². The van der Waals surface area contributed by atoms with Crippen LogP contribution in [0.2, 0.25) is 0 Å². The van der Waals surface area contributed by atoms with Crippen LogP contribution in [0.5, 0.6) is 5.88 Å². The number of piperidine rings is 1. The second-order valence-corrected chi connectivity index (χ2v) is 8.02. The number of aliphatic imine (C=N–C) groups is 1. The number of rotatable bonds is 8. The number of nitrogens with zero attached hydrogens (tertiary/aromatic N) is 3. The van der Waals surface area contributed by atoms with Gasteiger partial charge in [0, 0.05) is 44.0 Å². The number of guanidine groups is 1. The van der Waals surface area contributed by atoms with Gasteiger partial charge in [-0.3, -0.25) is 0 Å². The fourth-order valence-corrected chi connectivity index (χ4v) is 3.60. The van der Waals surface area contributed by atoms with Crippen LogP contribution in [0.1, 0.15) is 44.7 Å². The van der Waals surface area contributed by atoms with E-state index < -0.39 is 0 Å². The first-order valence-electron chi connectivity index (χ1n) is 11.0. The molecule has 1 aromatic heterocycles. The minimum atomic E-state index is 0.472. The molecule has 3 rings (SSSR count). The fraction of sp³-hybridized carbons (Fsp3) is 0.500. The smallest absolute Gasteiger partial charge is 0.213 e. The van der Waals surface area contributed by atoms with Gasteiger partial charge in [0.1, 0.15) is 6.61 Å². The number of aromatic nitrogens is 1. The van der Waals surface area contributed by atoms with Crippen molar-refractivity contribution in [2.75, 3.05) is 19.6 Å². The highest BCUT2D eigenvalue weighted by molar-refractivity contribution is 5.80.